The van der Waals surface area contributed by atoms with Crippen LogP contribution in [0, 0.1) is 0 Å². The Balaban J connectivity index is 1.25. The van der Waals surface area contributed by atoms with Crippen LogP contribution in [0.1, 0.15) is 25.0 Å². The van der Waals surface area contributed by atoms with E-state index in [-0.39, 0.29) is 5.41 Å². The quantitative estimate of drug-likeness (QED) is 0.205. The molecular formula is C39H27NS. The lowest BCUT2D eigenvalue weighted by molar-refractivity contribution is 0.667. The summed E-state index contributed by atoms with van der Waals surface area (Å²) in [4.78, 5) is 0. The number of rotatable bonds is 2. The molecule has 194 valence electrons. The molecule has 0 amide bonds. The molecule has 0 radical (unpaired) electrons. The van der Waals surface area contributed by atoms with Gasteiger partial charge in [0.2, 0.25) is 0 Å². The van der Waals surface area contributed by atoms with Gasteiger partial charge in [0.1, 0.15) is 0 Å². The largest absolute Gasteiger partial charge is 0.309 e. The van der Waals surface area contributed by atoms with Gasteiger partial charge in [-0.2, -0.15) is 0 Å². The van der Waals surface area contributed by atoms with Crippen LogP contribution in [0.4, 0.5) is 0 Å². The molecule has 0 atom stereocenters. The molecule has 1 nitrogen and oxygen atoms in total. The maximum absolute atomic E-state index is 2.45. The average molecular weight is 542 g/mol. The Morgan fingerprint density at radius 1 is 0.537 bits per heavy atom. The second-order valence-electron chi connectivity index (χ2n) is 11.8. The number of hydrogen-bond donors (Lipinski definition) is 0. The summed E-state index contributed by atoms with van der Waals surface area (Å²) in [5, 5.41) is 5.38. The van der Waals surface area contributed by atoms with Crippen LogP contribution in [0.5, 0.6) is 0 Å². The van der Waals surface area contributed by atoms with Gasteiger partial charge < -0.3 is 4.57 Å². The molecule has 0 saturated carbocycles. The first-order chi connectivity index (χ1) is 20.1. The maximum atomic E-state index is 2.45. The monoisotopic (exact) mass is 541 g/mol. The Kier molecular flexibility index (Phi) is 4.61. The summed E-state index contributed by atoms with van der Waals surface area (Å²) >= 11 is 1.91. The van der Waals surface area contributed by atoms with Crippen LogP contribution in [-0.4, -0.2) is 4.57 Å². The van der Waals surface area contributed by atoms with Crippen molar-refractivity contribution in [3.63, 3.8) is 0 Å². The molecule has 0 fully saturated rings. The number of benzene rings is 6. The number of thiophene rings is 1. The van der Waals surface area contributed by atoms with Gasteiger partial charge in [-0.3, -0.25) is 0 Å². The Bertz CT molecular complexity index is 2330. The van der Waals surface area contributed by atoms with Crippen LogP contribution < -0.4 is 0 Å². The number of para-hydroxylation sites is 2. The highest BCUT2D eigenvalue weighted by Gasteiger charge is 2.38. The second-order valence-corrected chi connectivity index (χ2v) is 12.8. The van der Waals surface area contributed by atoms with Gasteiger partial charge in [-0.1, -0.05) is 98.8 Å². The normalized spacial score (nSPS) is 13.8. The van der Waals surface area contributed by atoms with Gasteiger partial charge in [0.15, 0.2) is 0 Å². The lowest BCUT2D eigenvalue weighted by Crippen LogP contribution is -2.15. The Morgan fingerprint density at radius 2 is 1.22 bits per heavy atom. The molecule has 0 saturated heterocycles. The van der Waals surface area contributed by atoms with Gasteiger partial charge in [-0.25, -0.2) is 0 Å². The van der Waals surface area contributed by atoms with E-state index in [2.05, 4.69) is 146 Å². The molecule has 2 heteroatoms. The summed E-state index contributed by atoms with van der Waals surface area (Å²) in [5.41, 5.74) is 11.7. The van der Waals surface area contributed by atoms with Crippen molar-refractivity contribution in [2.24, 2.45) is 0 Å². The Labute approximate surface area is 242 Å². The number of aromatic nitrogens is 1. The number of hydrogen-bond acceptors (Lipinski definition) is 1. The third-order valence-corrected chi connectivity index (χ3v) is 10.3. The van der Waals surface area contributed by atoms with Crippen molar-refractivity contribution in [3.05, 3.63) is 139 Å². The highest BCUT2D eigenvalue weighted by Crippen LogP contribution is 2.54. The van der Waals surface area contributed by atoms with Gasteiger partial charge in [-0.05, 0) is 75.8 Å². The molecule has 41 heavy (non-hydrogen) atoms. The summed E-state index contributed by atoms with van der Waals surface area (Å²) in [5.74, 6) is 0. The molecule has 2 heterocycles. The average Bonchev–Trinajstić information content (AvgIpc) is 3.63. The summed E-state index contributed by atoms with van der Waals surface area (Å²) in [6, 6.07) is 47.1. The first-order valence-corrected chi connectivity index (χ1v) is 15.1. The lowest BCUT2D eigenvalue weighted by Gasteiger charge is -2.23. The van der Waals surface area contributed by atoms with Crippen molar-refractivity contribution in [1.29, 1.82) is 0 Å². The van der Waals surface area contributed by atoms with Gasteiger partial charge in [0, 0.05) is 42.0 Å². The summed E-state index contributed by atoms with van der Waals surface area (Å²) in [7, 11) is 0. The fourth-order valence-electron chi connectivity index (χ4n) is 7.31. The van der Waals surface area contributed by atoms with Gasteiger partial charge >= 0.3 is 0 Å². The molecule has 2 aromatic heterocycles. The molecule has 0 spiro atoms. The standard InChI is InChI=1S/C39H27NS/c1-39(2)32-22-24(16-18-27(32)30-20-21-36-37(38(30)39)31-13-7-9-15-35(31)41-36)25-17-19-29-28-12-6-8-14-33(28)40(34(29)23-25)26-10-4-3-5-11-26/h3-23H,1-2H3. The fraction of sp³-hybridized carbons (Fsp3) is 0.0769. The maximum Gasteiger partial charge on any atom is 0.0547 e. The summed E-state index contributed by atoms with van der Waals surface area (Å²) < 4.78 is 5.15. The number of fused-ring (bicyclic) bond motifs is 10. The predicted octanol–water partition coefficient (Wildman–Crippen LogP) is 11.1. The molecule has 1 aliphatic carbocycles. The lowest BCUT2D eigenvalue weighted by atomic mass is 9.80. The summed E-state index contributed by atoms with van der Waals surface area (Å²) in [6.45, 7) is 4.81. The third kappa shape index (κ3) is 3.11. The molecular weight excluding hydrogens is 515 g/mol. The molecule has 0 N–H and O–H groups in total. The van der Waals surface area contributed by atoms with Crippen LogP contribution in [-0.2, 0) is 5.41 Å². The molecule has 0 aliphatic heterocycles. The predicted molar refractivity (Wildman–Crippen MR) is 177 cm³/mol. The van der Waals surface area contributed by atoms with E-state index in [0.717, 1.165) is 0 Å². The van der Waals surface area contributed by atoms with Crippen molar-refractivity contribution in [3.8, 4) is 27.9 Å². The van der Waals surface area contributed by atoms with Crippen molar-refractivity contribution < 1.29 is 0 Å². The van der Waals surface area contributed by atoms with Crippen molar-refractivity contribution >= 4 is 53.3 Å². The molecule has 9 rings (SSSR count). The van der Waals surface area contributed by atoms with E-state index in [4.69, 9.17) is 0 Å². The molecule has 1 aliphatic rings. The molecule has 0 unspecified atom stereocenters. The minimum atomic E-state index is -0.0902. The Hall–Kier alpha value is -4.66. The smallest absolute Gasteiger partial charge is 0.0547 e. The first-order valence-electron chi connectivity index (χ1n) is 14.3. The molecule has 8 aromatic rings. The van der Waals surface area contributed by atoms with Crippen LogP contribution in [0.2, 0.25) is 0 Å². The zero-order valence-electron chi connectivity index (χ0n) is 23.0. The van der Waals surface area contributed by atoms with Crippen LogP contribution in [0.15, 0.2) is 127 Å². The van der Waals surface area contributed by atoms with Crippen molar-refractivity contribution in [2.45, 2.75) is 19.3 Å². The topological polar surface area (TPSA) is 4.93 Å². The van der Waals surface area contributed by atoms with Gasteiger partial charge in [0.05, 0.1) is 11.0 Å². The van der Waals surface area contributed by atoms with Gasteiger partial charge in [0.25, 0.3) is 0 Å². The highest BCUT2D eigenvalue weighted by atomic mass is 32.1. The summed E-state index contributed by atoms with van der Waals surface area (Å²) in [6.07, 6.45) is 0. The second kappa shape index (κ2) is 8.19. The fourth-order valence-corrected chi connectivity index (χ4v) is 8.42. The minimum Gasteiger partial charge on any atom is -0.309 e. The van der Waals surface area contributed by atoms with E-state index in [1.165, 1.54) is 81.0 Å². The zero-order valence-corrected chi connectivity index (χ0v) is 23.8. The van der Waals surface area contributed by atoms with Crippen LogP contribution in [0.3, 0.4) is 0 Å². The zero-order chi connectivity index (χ0) is 27.3. The molecule has 0 bridgehead atoms. The third-order valence-electron chi connectivity index (χ3n) is 9.17. The molecule has 6 aromatic carbocycles. The first kappa shape index (κ1) is 23.1. The van der Waals surface area contributed by atoms with E-state index in [1.807, 2.05) is 11.3 Å². The Morgan fingerprint density at radius 3 is 2.10 bits per heavy atom. The van der Waals surface area contributed by atoms with E-state index in [9.17, 15) is 0 Å². The van der Waals surface area contributed by atoms with Crippen LogP contribution in [0.25, 0.3) is 69.9 Å². The minimum absolute atomic E-state index is 0.0902. The van der Waals surface area contributed by atoms with E-state index < -0.39 is 0 Å². The van der Waals surface area contributed by atoms with Crippen LogP contribution >= 0.6 is 11.3 Å². The van der Waals surface area contributed by atoms with Crippen molar-refractivity contribution in [2.75, 3.05) is 0 Å². The van der Waals surface area contributed by atoms with Crippen molar-refractivity contribution in [1.82, 2.24) is 4.57 Å². The SMILES string of the molecule is CC1(C)c2cc(-c3ccc4c5ccccc5n(-c5ccccc5)c4c3)ccc2-c2ccc3sc4ccccc4c3c21. The van der Waals surface area contributed by atoms with E-state index in [1.54, 1.807) is 0 Å². The van der Waals surface area contributed by atoms with Gasteiger partial charge in [-0.15, -0.1) is 11.3 Å². The van der Waals surface area contributed by atoms with E-state index >= 15 is 0 Å². The van der Waals surface area contributed by atoms with E-state index in [0.29, 0.717) is 0 Å². The highest BCUT2D eigenvalue weighted by molar-refractivity contribution is 7.25. The number of nitrogens with zero attached hydrogens (tertiary/aromatic N) is 1.